The van der Waals surface area contributed by atoms with E-state index in [9.17, 15) is 9.90 Å². The largest absolute Gasteiger partial charge is 0.493 e. The van der Waals surface area contributed by atoms with Crippen molar-refractivity contribution in [2.24, 2.45) is 11.0 Å². The predicted molar refractivity (Wildman–Crippen MR) is 69.4 cm³/mol. The van der Waals surface area contributed by atoms with Crippen LogP contribution in [0.4, 0.5) is 0 Å². The van der Waals surface area contributed by atoms with Crippen LogP contribution >= 0.6 is 0 Å². The Balaban J connectivity index is 2.38. The van der Waals surface area contributed by atoms with E-state index in [1.807, 2.05) is 6.07 Å². The van der Waals surface area contributed by atoms with E-state index < -0.39 is 0 Å². The molecule has 19 heavy (non-hydrogen) atoms. The average molecular weight is 264 g/mol. The first-order chi connectivity index (χ1) is 9.19. The van der Waals surface area contributed by atoms with Gasteiger partial charge in [-0.15, -0.1) is 0 Å². The van der Waals surface area contributed by atoms with Crippen molar-refractivity contribution in [3.05, 3.63) is 23.8 Å². The summed E-state index contributed by atoms with van der Waals surface area (Å²) in [7, 11) is 3.11. The molecule has 0 aromatic heterocycles. The maximum absolute atomic E-state index is 11.3. The number of carbonyl (C=O) groups is 1. The minimum Gasteiger partial charge on any atom is -0.493 e. The highest BCUT2D eigenvalue weighted by molar-refractivity contribution is 6.06. The number of rotatable bonds is 4. The first-order valence-electron chi connectivity index (χ1n) is 5.89. The molecule has 102 valence electrons. The maximum Gasteiger partial charge on any atom is 0.240 e. The monoisotopic (exact) mass is 264 g/mol. The van der Waals surface area contributed by atoms with Crippen LogP contribution in [0.25, 0.3) is 0 Å². The van der Waals surface area contributed by atoms with Crippen LogP contribution in [0.2, 0.25) is 0 Å². The number of ether oxygens (including phenoxy) is 2. The number of amides is 1. The van der Waals surface area contributed by atoms with Crippen LogP contribution in [0, 0.1) is 5.92 Å². The fraction of sp³-hybridized carbons (Fsp3) is 0.385. The zero-order valence-electron chi connectivity index (χ0n) is 10.8. The maximum atomic E-state index is 11.3. The summed E-state index contributed by atoms with van der Waals surface area (Å²) in [6.07, 6.45) is 0.226. The summed E-state index contributed by atoms with van der Waals surface area (Å²) >= 11 is 0. The van der Waals surface area contributed by atoms with Gasteiger partial charge in [0.1, 0.15) is 0 Å². The fourth-order valence-electron chi connectivity index (χ4n) is 2.03. The van der Waals surface area contributed by atoms with Gasteiger partial charge in [0.15, 0.2) is 11.5 Å². The van der Waals surface area contributed by atoms with Crippen LogP contribution in [-0.2, 0) is 4.79 Å². The van der Waals surface area contributed by atoms with Gasteiger partial charge in [-0.3, -0.25) is 4.79 Å². The number of hydrazone groups is 1. The highest BCUT2D eigenvalue weighted by Gasteiger charge is 2.25. The summed E-state index contributed by atoms with van der Waals surface area (Å²) in [5.74, 6) is 0.707. The Kier molecular flexibility index (Phi) is 4.01. The van der Waals surface area contributed by atoms with Crippen LogP contribution in [-0.4, -0.2) is 37.6 Å². The minimum absolute atomic E-state index is 0.124. The van der Waals surface area contributed by atoms with Gasteiger partial charge in [-0.2, -0.15) is 5.10 Å². The van der Waals surface area contributed by atoms with Crippen molar-refractivity contribution in [3.8, 4) is 11.5 Å². The molecule has 0 aliphatic carbocycles. The molecule has 1 atom stereocenters. The summed E-state index contributed by atoms with van der Waals surface area (Å²) in [6, 6.07) is 5.36. The third kappa shape index (κ3) is 2.68. The van der Waals surface area contributed by atoms with E-state index in [2.05, 4.69) is 10.5 Å². The standard InChI is InChI=1S/C13H16N2O4/c1-18-10-4-3-8(5-11(10)19-2)13-9(7-16)6-12(17)14-15-13/h3-5,9,16H,6-7H2,1-2H3,(H,14,17)/t9-/m1/s1. The second kappa shape index (κ2) is 5.71. The van der Waals surface area contributed by atoms with Gasteiger partial charge in [0.05, 0.1) is 26.5 Å². The lowest BCUT2D eigenvalue weighted by Crippen LogP contribution is -2.35. The molecule has 0 spiro atoms. The van der Waals surface area contributed by atoms with E-state index >= 15 is 0 Å². The average Bonchev–Trinajstić information content (AvgIpc) is 2.46. The molecule has 0 fully saturated rings. The SMILES string of the molecule is COc1ccc(C2=NNC(=O)C[C@@H]2CO)cc1OC. The number of nitrogens with one attached hydrogen (secondary N) is 1. The Morgan fingerprint density at radius 2 is 2.11 bits per heavy atom. The molecule has 0 radical (unpaired) electrons. The zero-order chi connectivity index (χ0) is 13.8. The highest BCUT2D eigenvalue weighted by atomic mass is 16.5. The molecule has 0 bridgehead atoms. The van der Waals surface area contributed by atoms with Gasteiger partial charge in [0.2, 0.25) is 5.91 Å². The van der Waals surface area contributed by atoms with E-state index in [1.165, 1.54) is 0 Å². The Morgan fingerprint density at radius 3 is 2.74 bits per heavy atom. The van der Waals surface area contributed by atoms with Crippen molar-refractivity contribution in [3.63, 3.8) is 0 Å². The molecule has 2 rings (SSSR count). The summed E-state index contributed by atoms with van der Waals surface area (Å²) in [4.78, 5) is 11.3. The number of hydrogen-bond acceptors (Lipinski definition) is 5. The molecule has 2 N–H and O–H groups in total. The Hall–Kier alpha value is -2.08. The molecule has 0 unspecified atom stereocenters. The first-order valence-corrected chi connectivity index (χ1v) is 5.89. The third-order valence-electron chi connectivity index (χ3n) is 3.02. The fourth-order valence-corrected chi connectivity index (χ4v) is 2.03. The van der Waals surface area contributed by atoms with Gasteiger partial charge in [-0.1, -0.05) is 0 Å². The van der Waals surface area contributed by atoms with E-state index in [-0.39, 0.29) is 24.9 Å². The minimum atomic E-state index is -0.299. The molecular formula is C13H16N2O4. The number of aliphatic hydroxyl groups excluding tert-OH is 1. The Bertz CT molecular complexity index is 513. The van der Waals surface area contributed by atoms with Crippen LogP contribution in [0.15, 0.2) is 23.3 Å². The topological polar surface area (TPSA) is 80.2 Å². The smallest absolute Gasteiger partial charge is 0.240 e. The van der Waals surface area contributed by atoms with E-state index in [1.54, 1.807) is 26.4 Å². The third-order valence-corrected chi connectivity index (χ3v) is 3.02. The number of nitrogens with zero attached hydrogens (tertiary/aromatic N) is 1. The van der Waals surface area contributed by atoms with Gasteiger partial charge in [-0.05, 0) is 18.2 Å². The molecule has 1 aliphatic rings. The van der Waals surface area contributed by atoms with Crippen LogP contribution in [0.5, 0.6) is 11.5 Å². The number of aliphatic hydroxyl groups is 1. The van der Waals surface area contributed by atoms with Crippen molar-refractivity contribution in [2.45, 2.75) is 6.42 Å². The molecule has 1 aromatic carbocycles. The van der Waals surface area contributed by atoms with Crippen LogP contribution < -0.4 is 14.9 Å². The molecule has 0 saturated heterocycles. The Labute approximate surface area is 111 Å². The summed E-state index contributed by atoms with van der Waals surface area (Å²) in [5.41, 5.74) is 3.86. The highest BCUT2D eigenvalue weighted by Crippen LogP contribution is 2.29. The van der Waals surface area contributed by atoms with Crippen molar-refractivity contribution in [1.29, 1.82) is 0 Å². The summed E-state index contributed by atoms with van der Waals surface area (Å²) in [6.45, 7) is -0.124. The van der Waals surface area contributed by atoms with Crippen molar-refractivity contribution in [1.82, 2.24) is 5.43 Å². The predicted octanol–water partition coefficient (Wildman–Crippen LogP) is 0.536. The van der Waals surface area contributed by atoms with E-state index in [4.69, 9.17) is 9.47 Å². The summed E-state index contributed by atoms with van der Waals surface area (Å²) in [5, 5.41) is 13.4. The van der Waals surface area contributed by atoms with Crippen LogP contribution in [0.1, 0.15) is 12.0 Å². The lowest BCUT2D eigenvalue weighted by molar-refractivity contribution is -0.122. The lowest BCUT2D eigenvalue weighted by Gasteiger charge is -2.21. The van der Waals surface area contributed by atoms with Gasteiger partial charge in [-0.25, -0.2) is 5.43 Å². The number of hydrogen-bond donors (Lipinski definition) is 2. The van der Waals surface area contributed by atoms with Crippen molar-refractivity contribution < 1.29 is 19.4 Å². The molecule has 6 nitrogen and oxygen atoms in total. The molecule has 0 saturated carbocycles. The van der Waals surface area contributed by atoms with Gasteiger partial charge < -0.3 is 14.6 Å². The molecule has 1 aromatic rings. The quantitative estimate of drug-likeness (QED) is 0.831. The number of carbonyl (C=O) groups excluding carboxylic acids is 1. The second-order valence-electron chi connectivity index (χ2n) is 4.19. The van der Waals surface area contributed by atoms with Gasteiger partial charge in [0, 0.05) is 17.9 Å². The number of benzene rings is 1. The van der Waals surface area contributed by atoms with E-state index in [0.717, 1.165) is 5.56 Å². The molecular weight excluding hydrogens is 248 g/mol. The lowest BCUT2D eigenvalue weighted by atomic mass is 9.93. The van der Waals surface area contributed by atoms with E-state index in [0.29, 0.717) is 17.2 Å². The van der Waals surface area contributed by atoms with Gasteiger partial charge >= 0.3 is 0 Å². The number of methoxy groups -OCH3 is 2. The normalized spacial score (nSPS) is 18.6. The molecule has 6 heteroatoms. The van der Waals surface area contributed by atoms with Crippen molar-refractivity contribution in [2.75, 3.05) is 20.8 Å². The molecule has 1 amide bonds. The zero-order valence-corrected chi connectivity index (χ0v) is 10.8. The molecule has 1 aliphatic heterocycles. The van der Waals surface area contributed by atoms with Crippen LogP contribution in [0.3, 0.4) is 0 Å². The second-order valence-corrected chi connectivity index (χ2v) is 4.19. The Morgan fingerprint density at radius 1 is 1.37 bits per heavy atom. The van der Waals surface area contributed by atoms with Crippen molar-refractivity contribution >= 4 is 11.6 Å². The summed E-state index contributed by atoms with van der Waals surface area (Å²) < 4.78 is 10.4. The molecule has 1 heterocycles. The van der Waals surface area contributed by atoms with Gasteiger partial charge in [0.25, 0.3) is 0 Å². The first kappa shape index (κ1) is 13.4.